The summed E-state index contributed by atoms with van der Waals surface area (Å²) in [5.41, 5.74) is 0.945. The summed E-state index contributed by atoms with van der Waals surface area (Å²) >= 11 is 4.70. The molecule has 2 aromatic rings. The van der Waals surface area contributed by atoms with Gasteiger partial charge < -0.3 is 9.32 Å². The lowest BCUT2D eigenvalue weighted by Gasteiger charge is -2.11. The van der Waals surface area contributed by atoms with Crippen molar-refractivity contribution in [2.45, 2.75) is 30.4 Å². The maximum absolute atomic E-state index is 13.0. The van der Waals surface area contributed by atoms with Crippen molar-refractivity contribution in [1.82, 2.24) is 15.1 Å². The van der Waals surface area contributed by atoms with Crippen LogP contribution >= 0.6 is 27.7 Å². The van der Waals surface area contributed by atoms with Gasteiger partial charge in [-0.15, -0.1) is 10.2 Å². The Morgan fingerprint density at radius 2 is 2.27 bits per heavy atom. The first-order chi connectivity index (χ1) is 10.6. The highest BCUT2D eigenvalue weighted by Crippen LogP contribution is 2.27. The number of nitrogens with zero attached hydrogens (tertiary/aromatic N) is 3. The van der Waals surface area contributed by atoms with Gasteiger partial charge in [0.15, 0.2) is 0 Å². The van der Waals surface area contributed by atoms with Crippen LogP contribution < -0.4 is 0 Å². The second-order valence-electron chi connectivity index (χ2n) is 4.90. The van der Waals surface area contributed by atoms with E-state index in [1.165, 1.54) is 23.9 Å². The minimum atomic E-state index is -0.281. The molecule has 1 amide bonds. The molecule has 1 aromatic heterocycles. The Labute approximate surface area is 139 Å². The monoisotopic (exact) mass is 385 g/mol. The Hall–Kier alpha value is -1.41. The number of amides is 1. The van der Waals surface area contributed by atoms with Crippen LogP contribution in [0, 0.1) is 5.82 Å². The Morgan fingerprint density at radius 1 is 1.41 bits per heavy atom. The van der Waals surface area contributed by atoms with Crippen molar-refractivity contribution in [3.05, 3.63) is 39.9 Å². The molecule has 5 nitrogen and oxygen atoms in total. The van der Waals surface area contributed by atoms with Gasteiger partial charge in [0.05, 0.1) is 6.54 Å². The van der Waals surface area contributed by atoms with E-state index in [1.807, 2.05) is 0 Å². The molecule has 1 aliphatic heterocycles. The van der Waals surface area contributed by atoms with Gasteiger partial charge in [0, 0.05) is 23.2 Å². The molecule has 0 radical (unpaired) electrons. The average molecular weight is 386 g/mol. The summed E-state index contributed by atoms with van der Waals surface area (Å²) in [6.07, 6.45) is 1.47. The van der Waals surface area contributed by atoms with Gasteiger partial charge >= 0.3 is 0 Å². The van der Waals surface area contributed by atoms with E-state index in [0.717, 1.165) is 18.5 Å². The number of benzene rings is 1. The summed E-state index contributed by atoms with van der Waals surface area (Å²) in [5.74, 6) is 0.875. The molecule has 1 aliphatic rings. The van der Waals surface area contributed by atoms with Crippen LogP contribution in [-0.2, 0) is 17.1 Å². The fourth-order valence-corrected chi connectivity index (χ4v) is 3.63. The van der Waals surface area contributed by atoms with E-state index in [-0.39, 0.29) is 11.7 Å². The first-order valence-corrected chi connectivity index (χ1v) is 8.56. The molecule has 1 aromatic carbocycles. The molecular formula is C14H13BrFN3O2S. The summed E-state index contributed by atoms with van der Waals surface area (Å²) in [7, 11) is 0. The third-order valence-corrected chi connectivity index (χ3v) is 4.92. The van der Waals surface area contributed by atoms with Gasteiger partial charge in [-0.05, 0) is 24.1 Å². The molecule has 0 bridgehead atoms. The van der Waals surface area contributed by atoms with Crippen molar-refractivity contribution in [1.29, 1.82) is 0 Å². The maximum Gasteiger partial charge on any atom is 0.276 e. The molecule has 8 heteroatoms. The standard InChI is InChI=1S/C14H13BrFN3O2S/c15-11-6-10(16)4-3-9(11)8-22-14-18-17-12(21-14)7-19-5-1-2-13(19)20/h3-4,6H,1-2,5,7-8H2. The Morgan fingerprint density at radius 3 is 3.00 bits per heavy atom. The lowest BCUT2D eigenvalue weighted by Crippen LogP contribution is -2.23. The molecule has 3 rings (SSSR count). The molecule has 0 spiro atoms. The van der Waals surface area contributed by atoms with E-state index in [2.05, 4.69) is 26.1 Å². The molecule has 0 aliphatic carbocycles. The Balaban J connectivity index is 1.58. The van der Waals surface area contributed by atoms with Crippen LogP contribution in [0.1, 0.15) is 24.3 Å². The van der Waals surface area contributed by atoms with E-state index in [1.54, 1.807) is 11.0 Å². The zero-order chi connectivity index (χ0) is 15.5. The summed E-state index contributed by atoms with van der Waals surface area (Å²) in [5, 5.41) is 8.37. The SMILES string of the molecule is O=C1CCCN1Cc1nnc(SCc2ccc(F)cc2Br)o1. The zero-order valence-corrected chi connectivity index (χ0v) is 14.0. The van der Waals surface area contributed by atoms with Crippen LogP contribution in [0.3, 0.4) is 0 Å². The highest BCUT2D eigenvalue weighted by molar-refractivity contribution is 9.10. The van der Waals surface area contributed by atoms with Crippen molar-refractivity contribution < 1.29 is 13.6 Å². The number of hydrogen-bond acceptors (Lipinski definition) is 5. The Kier molecular flexibility index (Phi) is 4.77. The molecule has 0 atom stereocenters. The van der Waals surface area contributed by atoms with Crippen molar-refractivity contribution in [3.8, 4) is 0 Å². The summed E-state index contributed by atoms with van der Waals surface area (Å²) < 4.78 is 19.3. The molecule has 0 N–H and O–H groups in total. The highest BCUT2D eigenvalue weighted by atomic mass is 79.9. The molecule has 22 heavy (non-hydrogen) atoms. The quantitative estimate of drug-likeness (QED) is 0.738. The lowest BCUT2D eigenvalue weighted by molar-refractivity contribution is -0.128. The molecule has 1 fully saturated rings. The summed E-state index contributed by atoms with van der Waals surface area (Å²) in [6.45, 7) is 1.11. The average Bonchev–Trinajstić information content (AvgIpc) is 3.08. The smallest absolute Gasteiger partial charge is 0.276 e. The predicted octanol–water partition coefficient (Wildman–Crippen LogP) is 3.39. The van der Waals surface area contributed by atoms with Crippen LogP contribution in [0.5, 0.6) is 0 Å². The van der Waals surface area contributed by atoms with Crippen LogP contribution in [0.25, 0.3) is 0 Å². The van der Waals surface area contributed by atoms with Crippen LogP contribution in [0.2, 0.25) is 0 Å². The van der Waals surface area contributed by atoms with Gasteiger partial charge in [-0.2, -0.15) is 0 Å². The van der Waals surface area contributed by atoms with Crippen molar-refractivity contribution in [2.24, 2.45) is 0 Å². The molecular weight excluding hydrogens is 373 g/mol. The van der Waals surface area contributed by atoms with Gasteiger partial charge in [0.25, 0.3) is 5.22 Å². The molecule has 0 saturated carbocycles. The number of carbonyl (C=O) groups is 1. The van der Waals surface area contributed by atoms with Crippen LogP contribution in [0.4, 0.5) is 4.39 Å². The van der Waals surface area contributed by atoms with Crippen LogP contribution in [-0.4, -0.2) is 27.5 Å². The Bertz CT molecular complexity index is 694. The summed E-state index contributed by atoms with van der Waals surface area (Å²) in [6, 6.07) is 4.56. The molecule has 2 heterocycles. The third kappa shape index (κ3) is 3.67. The van der Waals surface area contributed by atoms with E-state index in [0.29, 0.717) is 34.3 Å². The third-order valence-electron chi connectivity index (χ3n) is 3.31. The van der Waals surface area contributed by atoms with Gasteiger partial charge in [-0.25, -0.2) is 4.39 Å². The second kappa shape index (κ2) is 6.78. The summed E-state index contributed by atoms with van der Waals surface area (Å²) in [4.78, 5) is 13.3. The molecule has 1 saturated heterocycles. The largest absolute Gasteiger partial charge is 0.414 e. The maximum atomic E-state index is 13.0. The molecule has 116 valence electrons. The lowest BCUT2D eigenvalue weighted by atomic mass is 10.2. The minimum absolute atomic E-state index is 0.127. The topological polar surface area (TPSA) is 59.2 Å². The normalized spacial score (nSPS) is 14.8. The van der Waals surface area contributed by atoms with Gasteiger partial charge in [-0.1, -0.05) is 33.8 Å². The molecule has 0 unspecified atom stereocenters. The van der Waals surface area contributed by atoms with E-state index < -0.39 is 0 Å². The number of rotatable bonds is 5. The van der Waals surface area contributed by atoms with Gasteiger partial charge in [-0.3, -0.25) is 4.79 Å². The van der Waals surface area contributed by atoms with Gasteiger partial charge in [0.1, 0.15) is 5.82 Å². The van der Waals surface area contributed by atoms with Gasteiger partial charge in [0.2, 0.25) is 11.8 Å². The fourth-order valence-electron chi connectivity index (χ4n) is 2.17. The number of aromatic nitrogens is 2. The van der Waals surface area contributed by atoms with E-state index >= 15 is 0 Å². The van der Waals surface area contributed by atoms with Crippen molar-refractivity contribution in [3.63, 3.8) is 0 Å². The first kappa shape index (κ1) is 15.5. The number of halogens is 2. The number of thioether (sulfide) groups is 1. The first-order valence-electron chi connectivity index (χ1n) is 6.79. The fraction of sp³-hybridized carbons (Fsp3) is 0.357. The number of carbonyl (C=O) groups excluding carboxylic acids is 1. The van der Waals surface area contributed by atoms with Crippen molar-refractivity contribution in [2.75, 3.05) is 6.54 Å². The second-order valence-corrected chi connectivity index (χ2v) is 6.69. The van der Waals surface area contributed by atoms with Crippen molar-refractivity contribution >= 4 is 33.6 Å². The number of hydrogen-bond donors (Lipinski definition) is 0. The number of likely N-dealkylation sites (tertiary alicyclic amines) is 1. The zero-order valence-electron chi connectivity index (χ0n) is 11.6. The highest BCUT2D eigenvalue weighted by Gasteiger charge is 2.22. The van der Waals surface area contributed by atoms with E-state index in [9.17, 15) is 9.18 Å². The minimum Gasteiger partial charge on any atom is -0.414 e. The van der Waals surface area contributed by atoms with Crippen LogP contribution in [0.15, 0.2) is 32.3 Å². The predicted molar refractivity (Wildman–Crippen MR) is 82.6 cm³/mol. The van der Waals surface area contributed by atoms with E-state index in [4.69, 9.17) is 4.42 Å².